The molecule has 2 aromatic rings. The van der Waals surface area contributed by atoms with Gasteiger partial charge in [0.05, 0.1) is 12.4 Å². The third-order valence-corrected chi connectivity index (χ3v) is 2.98. The first-order valence-electron chi connectivity index (χ1n) is 6.33. The average molecular weight is 277 g/mol. The summed E-state index contributed by atoms with van der Waals surface area (Å²) in [5.74, 6) is 1.52. The Morgan fingerprint density at radius 1 is 1.11 bits per heavy atom. The summed E-state index contributed by atoms with van der Waals surface area (Å²) in [5.41, 5.74) is 1.04. The number of halogens is 1. The molecule has 0 fully saturated rings. The predicted molar refractivity (Wildman–Crippen MR) is 79.6 cm³/mol. The van der Waals surface area contributed by atoms with Gasteiger partial charge in [-0.1, -0.05) is 36.7 Å². The second-order valence-electron chi connectivity index (χ2n) is 4.16. The lowest BCUT2D eigenvalue weighted by molar-refractivity contribution is 0.962. The molecule has 0 spiro atoms. The van der Waals surface area contributed by atoms with Gasteiger partial charge in [0.25, 0.3) is 0 Å². The lowest BCUT2D eigenvalue weighted by atomic mass is 10.2. The molecule has 2 rings (SSSR count). The summed E-state index contributed by atoms with van der Waals surface area (Å²) >= 11 is 6.10. The van der Waals surface area contributed by atoms with Gasteiger partial charge in [-0.3, -0.25) is 4.98 Å². The van der Waals surface area contributed by atoms with Crippen molar-refractivity contribution in [3.8, 4) is 0 Å². The topological polar surface area (TPSA) is 49.8 Å². The van der Waals surface area contributed by atoms with Gasteiger partial charge in [-0.25, -0.2) is 4.98 Å². The molecule has 1 aromatic carbocycles. The van der Waals surface area contributed by atoms with E-state index in [0.29, 0.717) is 6.54 Å². The smallest absolute Gasteiger partial charge is 0.147 e. The maximum Gasteiger partial charge on any atom is 0.147 e. The van der Waals surface area contributed by atoms with Crippen LogP contribution in [0.5, 0.6) is 0 Å². The van der Waals surface area contributed by atoms with Crippen molar-refractivity contribution in [3.05, 3.63) is 47.2 Å². The van der Waals surface area contributed by atoms with Crippen LogP contribution < -0.4 is 10.6 Å². The third-order valence-electron chi connectivity index (χ3n) is 2.61. The van der Waals surface area contributed by atoms with Crippen LogP contribution in [0.2, 0.25) is 5.02 Å². The molecule has 100 valence electrons. The Hall–Kier alpha value is -1.81. The van der Waals surface area contributed by atoms with E-state index in [1.54, 1.807) is 12.4 Å². The van der Waals surface area contributed by atoms with E-state index >= 15 is 0 Å². The first-order chi connectivity index (χ1) is 9.29. The molecule has 4 nitrogen and oxygen atoms in total. The van der Waals surface area contributed by atoms with E-state index in [1.165, 1.54) is 0 Å². The van der Waals surface area contributed by atoms with Gasteiger partial charge in [-0.15, -0.1) is 0 Å². The molecular weight excluding hydrogens is 260 g/mol. The number of rotatable bonds is 6. The van der Waals surface area contributed by atoms with Crippen LogP contribution in [-0.4, -0.2) is 16.5 Å². The SMILES string of the molecule is CCCNc1cncc(NCc2ccccc2Cl)n1. The zero-order valence-corrected chi connectivity index (χ0v) is 11.6. The lowest BCUT2D eigenvalue weighted by Crippen LogP contribution is -2.06. The molecule has 0 saturated carbocycles. The van der Waals surface area contributed by atoms with Gasteiger partial charge in [0.2, 0.25) is 0 Å². The molecule has 1 heterocycles. The van der Waals surface area contributed by atoms with Crippen molar-refractivity contribution in [2.75, 3.05) is 17.2 Å². The second-order valence-corrected chi connectivity index (χ2v) is 4.57. The largest absolute Gasteiger partial charge is 0.369 e. The van der Waals surface area contributed by atoms with E-state index in [4.69, 9.17) is 11.6 Å². The van der Waals surface area contributed by atoms with Crippen molar-refractivity contribution in [3.63, 3.8) is 0 Å². The number of benzene rings is 1. The van der Waals surface area contributed by atoms with E-state index in [9.17, 15) is 0 Å². The van der Waals surface area contributed by atoms with Crippen LogP contribution in [0.15, 0.2) is 36.7 Å². The van der Waals surface area contributed by atoms with Crippen LogP contribution in [0.1, 0.15) is 18.9 Å². The molecule has 0 atom stereocenters. The number of anilines is 2. The molecule has 1 aromatic heterocycles. The van der Waals surface area contributed by atoms with Gasteiger partial charge < -0.3 is 10.6 Å². The van der Waals surface area contributed by atoms with E-state index in [1.807, 2.05) is 24.3 Å². The van der Waals surface area contributed by atoms with Crippen LogP contribution >= 0.6 is 11.6 Å². The average Bonchev–Trinajstić information content (AvgIpc) is 2.45. The minimum absolute atomic E-state index is 0.631. The molecule has 0 amide bonds. The normalized spacial score (nSPS) is 10.2. The highest BCUT2D eigenvalue weighted by Crippen LogP contribution is 2.16. The maximum absolute atomic E-state index is 6.10. The maximum atomic E-state index is 6.10. The van der Waals surface area contributed by atoms with Crippen molar-refractivity contribution < 1.29 is 0 Å². The van der Waals surface area contributed by atoms with Gasteiger partial charge in [0.1, 0.15) is 11.6 Å². The molecule has 2 N–H and O–H groups in total. The van der Waals surface area contributed by atoms with Gasteiger partial charge in [-0.05, 0) is 18.1 Å². The summed E-state index contributed by atoms with van der Waals surface area (Å²) in [6, 6.07) is 7.75. The van der Waals surface area contributed by atoms with Crippen LogP contribution in [0.25, 0.3) is 0 Å². The molecule has 0 aliphatic carbocycles. The third kappa shape index (κ3) is 4.10. The molecule has 0 aliphatic heterocycles. The molecule has 0 bridgehead atoms. The first-order valence-corrected chi connectivity index (χ1v) is 6.70. The van der Waals surface area contributed by atoms with Crippen molar-refractivity contribution in [2.24, 2.45) is 0 Å². The fourth-order valence-corrected chi connectivity index (χ4v) is 1.82. The summed E-state index contributed by atoms with van der Waals surface area (Å²) in [4.78, 5) is 8.58. The monoisotopic (exact) mass is 276 g/mol. The van der Waals surface area contributed by atoms with Crippen LogP contribution in [0.4, 0.5) is 11.6 Å². The second kappa shape index (κ2) is 6.95. The Morgan fingerprint density at radius 2 is 1.84 bits per heavy atom. The van der Waals surface area contributed by atoms with Gasteiger partial charge in [0, 0.05) is 18.1 Å². The van der Waals surface area contributed by atoms with E-state index in [0.717, 1.165) is 35.2 Å². The highest BCUT2D eigenvalue weighted by molar-refractivity contribution is 6.31. The van der Waals surface area contributed by atoms with Gasteiger partial charge in [-0.2, -0.15) is 0 Å². The number of nitrogens with zero attached hydrogens (tertiary/aromatic N) is 2. The van der Waals surface area contributed by atoms with Gasteiger partial charge >= 0.3 is 0 Å². The molecule has 0 aliphatic rings. The lowest BCUT2D eigenvalue weighted by Gasteiger charge is -2.09. The van der Waals surface area contributed by atoms with Gasteiger partial charge in [0.15, 0.2) is 0 Å². The number of hydrogen-bond acceptors (Lipinski definition) is 4. The van der Waals surface area contributed by atoms with Crippen LogP contribution in [0.3, 0.4) is 0 Å². The van der Waals surface area contributed by atoms with E-state index < -0.39 is 0 Å². The minimum atomic E-state index is 0.631. The molecule has 19 heavy (non-hydrogen) atoms. The van der Waals surface area contributed by atoms with Crippen molar-refractivity contribution in [1.82, 2.24) is 9.97 Å². The highest BCUT2D eigenvalue weighted by atomic mass is 35.5. The zero-order valence-electron chi connectivity index (χ0n) is 10.9. The minimum Gasteiger partial charge on any atom is -0.369 e. The summed E-state index contributed by atoms with van der Waals surface area (Å²) in [7, 11) is 0. The number of aromatic nitrogens is 2. The summed E-state index contributed by atoms with van der Waals surface area (Å²) in [6.07, 6.45) is 4.48. The highest BCUT2D eigenvalue weighted by Gasteiger charge is 2.01. The van der Waals surface area contributed by atoms with Crippen molar-refractivity contribution in [1.29, 1.82) is 0 Å². The summed E-state index contributed by atoms with van der Waals surface area (Å²) in [5, 5.41) is 7.18. The Kier molecular flexibility index (Phi) is 4.98. The predicted octanol–water partition coefficient (Wildman–Crippen LogP) is 3.56. The number of nitrogens with one attached hydrogen (secondary N) is 2. The van der Waals surface area contributed by atoms with Crippen molar-refractivity contribution in [2.45, 2.75) is 19.9 Å². The summed E-state index contributed by atoms with van der Waals surface area (Å²) < 4.78 is 0. The van der Waals surface area contributed by atoms with E-state index in [-0.39, 0.29) is 0 Å². The summed E-state index contributed by atoms with van der Waals surface area (Å²) in [6.45, 7) is 3.63. The number of hydrogen-bond donors (Lipinski definition) is 2. The van der Waals surface area contributed by atoms with Crippen LogP contribution in [0, 0.1) is 0 Å². The Balaban J connectivity index is 1.98. The molecule has 0 saturated heterocycles. The van der Waals surface area contributed by atoms with Crippen LogP contribution in [-0.2, 0) is 6.54 Å². The Bertz CT molecular complexity index is 530. The fourth-order valence-electron chi connectivity index (χ4n) is 1.62. The molecular formula is C14H17ClN4. The first kappa shape index (κ1) is 13.6. The van der Waals surface area contributed by atoms with Crippen molar-refractivity contribution >= 4 is 23.2 Å². The molecule has 5 heteroatoms. The Labute approximate surface area is 118 Å². The molecule has 0 unspecified atom stereocenters. The zero-order chi connectivity index (χ0) is 13.5. The fraction of sp³-hybridized carbons (Fsp3) is 0.286. The standard InChI is InChI=1S/C14H17ClN4/c1-2-7-17-13-9-16-10-14(19-13)18-8-11-5-3-4-6-12(11)15/h3-6,9-10H,2,7-8H2,1H3,(H2,17,18,19). The molecule has 0 radical (unpaired) electrons. The quantitative estimate of drug-likeness (QED) is 0.847. The van der Waals surface area contributed by atoms with E-state index in [2.05, 4.69) is 27.5 Å². The Morgan fingerprint density at radius 3 is 2.58 bits per heavy atom.